The molecule has 3 N–H and O–H groups in total. The number of aromatic amines is 1. The highest BCUT2D eigenvalue weighted by Gasteiger charge is 2.25. The van der Waals surface area contributed by atoms with Crippen molar-refractivity contribution in [1.82, 2.24) is 9.55 Å². The van der Waals surface area contributed by atoms with E-state index >= 15 is 0 Å². The first-order valence-electron chi connectivity index (χ1n) is 8.95. The Bertz CT molecular complexity index is 952. The van der Waals surface area contributed by atoms with Crippen molar-refractivity contribution >= 4 is 33.3 Å². The van der Waals surface area contributed by atoms with Crippen molar-refractivity contribution in [2.24, 2.45) is 5.92 Å². The summed E-state index contributed by atoms with van der Waals surface area (Å²) in [5.74, 6) is -0.283. The Labute approximate surface area is 171 Å². The maximum absolute atomic E-state index is 13.2. The molecule has 0 saturated heterocycles. The molecule has 0 aliphatic rings. The van der Waals surface area contributed by atoms with E-state index in [4.69, 9.17) is 10.5 Å². The molecular weight excluding hydrogens is 428 g/mol. The van der Waals surface area contributed by atoms with E-state index in [9.17, 15) is 14.4 Å². The molecule has 0 spiro atoms. The van der Waals surface area contributed by atoms with E-state index in [0.29, 0.717) is 25.1 Å². The molecule has 152 valence electrons. The first-order valence-corrected chi connectivity index (χ1v) is 9.74. The summed E-state index contributed by atoms with van der Waals surface area (Å²) >= 11 is 3.35. The van der Waals surface area contributed by atoms with Crippen LogP contribution in [-0.4, -0.2) is 35.7 Å². The van der Waals surface area contributed by atoms with Crippen molar-refractivity contribution < 1.29 is 9.53 Å². The maximum Gasteiger partial charge on any atom is 0.330 e. The average Bonchev–Trinajstić information content (AvgIpc) is 2.63. The van der Waals surface area contributed by atoms with Gasteiger partial charge in [-0.25, -0.2) is 4.79 Å². The normalized spacial score (nSPS) is 11.0. The summed E-state index contributed by atoms with van der Waals surface area (Å²) in [6, 6.07) is 6.86. The number of benzene rings is 1. The van der Waals surface area contributed by atoms with Gasteiger partial charge in [-0.15, -0.1) is 0 Å². The fourth-order valence-corrected chi connectivity index (χ4v) is 3.24. The summed E-state index contributed by atoms with van der Waals surface area (Å²) in [4.78, 5) is 41.6. The minimum absolute atomic E-state index is 0.0248. The summed E-state index contributed by atoms with van der Waals surface area (Å²) in [6.45, 7) is 4.81. The van der Waals surface area contributed by atoms with Gasteiger partial charge in [0.05, 0.1) is 0 Å². The molecule has 0 saturated carbocycles. The lowest BCUT2D eigenvalue weighted by Crippen LogP contribution is -2.42. The molecule has 1 heterocycles. The highest BCUT2D eigenvalue weighted by Crippen LogP contribution is 2.22. The molecule has 1 aromatic heterocycles. The second-order valence-electron chi connectivity index (χ2n) is 6.81. The minimum Gasteiger partial charge on any atom is -0.385 e. The largest absolute Gasteiger partial charge is 0.385 e. The van der Waals surface area contributed by atoms with Crippen molar-refractivity contribution in [2.45, 2.75) is 26.8 Å². The molecule has 1 aromatic carbocycles. The van der Waals surface area contributed by atoms with Gasteiger partial charge in [-0.2, -0.15) is 0 Å². The minimum atomic E-state index is -0.691. The second kappa shape index (κ2) is 9.70. The fourth-order valence-electron chi connectivity index (χ4n) is 2.84. The third-order valence-electron chi connectivity index (χ3n) is 4.08. The number of nitrogen functional groups attached to an aromatic ring is 1. The molecule has 8 nitrogen and oxygen atoms in total. The number of hydrogen-bond acceptors (Lipinski definition) is 5. The van der Waals surface area contributed by atoms with Crippen LogP contribution in [0.25, 0.3) is 0 Å². The number of hydrogen-bond donors (Lipinski definition) is 2. The zero-order valence-corrected chi connectivity index (χ0v) is 17.8. The molecule has 2 aromatic rings. The number of nitrogens with zero attached hydrogens (tertiary/aromatic N) is 2. The Hall–Kier alpha value is -2.39. The Morgan fingerprint density at radius 2 is 2.07 bits per heavy atom. The molecule has 2 rings (SSSR count). The van der Waals surface area contributed by atoms with E-state index in [0.717, 1.165) is 4.47 Å². The average molecular weight is 453 g/mol. The van der Waals surface area contributed by atoms with Crippen LogP contribution in [0, 0.1) is 5.92 Å². The number of rotatable bonds is 8. The Morgan fingerprint density at radius 3 is 2.68 bits per heavy atom. The first-order chi connectivity index (χ1) is 13.3. The molecule has 0 aliphatic carbocycles. The van der Waals surface area contributed by atoms with Gasteiger partial charge in [-0.1, -0.05) is 35.8 Å². The van der Waals surface area contributed by atoms with E-state index in [1.807, 2.05) is 13.8 Å². The van der Waals surface area contributed by atoms with Gasteiger partial charge in [0.2, 0.25) is 0 Å². The van der Waals surface area contributed by atoms with Crippen LogP contribution in [0.1, 0.15) is 30.6 Å². The second-order valence-corrected chi connectivity index (χ2v) is 7.73. The van der Waals surface area contributed by atoms with Crippen molar-refractivity contribution in [1.29, 1.82) is 0 Å². The highest BCUT2D eigenvalue weighted by atomic mass is 79.9. The van der Waals surface area contributed by atoms with Crippen LogP contribution in [0.2, 0.25) is 0 Å². The predicted molar refractivity (Wildman–Crippen MR) is 113 cm³/mol. The molecule has 28 heavy (non-hydrogen) atoms. The predicted octanol–water partition coefficient (Wildman–Crippen LogP) is 2.22. The number of carbonyl (C=O) groups is 1. The summed E-state index contributed by atoms with van der Waals surface area (Å²) in [5, 5.41) is 0. The molecule has 0 atom stereocenters. The Kier molecular flexibility index (Phi) is 7.59. The molecule has 0 bridgehead atoms. The van der Waals surface area contributed by atoms with E-state index < -0.39 is 11.2 Å². The number of halogens is 1. The quantitative estimate of drug-likeness (QED) is 0.596. The van der Waals surface area contributed by atoms with Gasteiger partial charge in [0.15, 0.2) is 5.69 Å². The Morgan fingerprint density at radius 1 is 1.36 bits per heavy atom. The zero-order chi connectivity index (χ0) is 20.8. The lowest BCUT2D eigenvalue weighted by Gasteiger charge is -2.25. The number of anilines is 2. The molecular formula is C19H25BrN4O4. The summed E-state index contributed by atoms with van der Waals surface area (Å²) in [5.41, 5.74) is 5.28. The van der Waals surface area contributed by atoms with Gasteiger partial charge in [-0.3, -0.25) is 19.1 Å². The molecule has 0 aliphatic heterocycles. The fraction of sp³-hybridized carbons (Fsp3) is 0.421. The topological polar surface area (TPSA) is 110 Å². The molecule has 0 unspecified atom stereocenters. The molecule has 0 fully saturated rings. The number of amides is 1. The highest BCUT2D eigenvalue weighted by molar-refractivity contribution is 9.10. The van der Waals surface area contributed by atoms with Crippen LogP contribution >= 0.6 is 15.9 Å². The zero-order valence-electron chi connectivity index (χ0n) is 16.2. The van der Waals surface area contributed by atoms with Gasteiger partial charge < -0.3 is 15.4 Å². The van der Waals surface area contributed by atoms with Crippen LogP contribution in [-0.2, 0) is 11.3 Å². The van der Waals surface area contributed by atoms with Gasteiger partial charge in [-0.05, 0) is 30.5 Å². The first kappa shape index (κ1) is 21.9. The number of aromatic nitrogens is 2. The molecule has 0 radical (unpaired) electrons. The monoisotopic (exact) mass is 452 g/mol. The number of H-pyrrole nitrogens is 1. The SMILES string of the molecule is COCCCN(C(=O)c1cccc(Br)c1)c1c(N)n(CC(C)C)c(=O)[nH]c1=O. The van der Waals surface area contributed by atoms with E-state index in [1.165, 1.54) is 9.47 Å². The van der Waals surface area contributed by atoms with Crippen molar-refractivity contribution in [3.63, 3.8) is 0 Å². The number of ether oxygens (including phenoxy) is 1. The van der Waals surface area contributed by atoms with Crippen molar-refractivity contribution in [3.8, 4) is 0 Å². The number of carbonyl (C=O) groups excluding carboxylic acids is 1. The number of methoxy groups -OCH3 is 1. The molecule has 1 amide bonds. The third kappa shape index (κ3) is 5.11. The van der Waals surface area contributed by atoms with Gasteiger partial charge in [0.1, 0.15) is 5.82 Å². The Balaban J connectivity index is 2.58. The smallest absolute Gasteiger partial charge is 0.330 e. The summed E-state index contributed by atoms with van der Waals surface area (Å²) < 4.78 is 7.10. The molecule has 9 heteroatoms. The summed E-state index contributed by atoms with van der Waals surface area (Å²) in [7, 11) is 1.56. The van der Waals surface area contributed by atoms with Crippen molar-refractivity contribution in [3.05, 3.63) is 55.1 Å². The van der Waals surface area contributed by atoms with Crippen LogP contribution in [0.5, 0.6) is 0 Å². The van der Waals surface area contributed by atoms with Crippen LogP contribution < -0.4 is 21.9 Å². The van der Waals surface area contributed by atoms with Gasteiger partial charge >= 0.3 is 5.69 Å². The van der Waals surface area contributed by atoms with E-state index in [2.05, 4.69) is 20.9 Å². The lowest BCUT2D eigenvalue weighted by molar-refractivity contribution is 0.0983. The maximum atomic E-state index is 13.2. The number of nitrogens with one attached hydrogen (secondary N) is 1. The van der Waals surface area contributed by atoms with E-state index in [1.54, 1.807) is 31.4 Å². The number of nitrogens with two attached hydrogens (primary N) is 1. The van der Waals surface area contributed by atoms with Crippen LogP contribution in [0.15, 0.2) is 38.3 Å². The van der Waals surface area contributed by atoms with Crippen LogP contribution in [0.4, 0.5) is 11.5 Å². The third-order valence-corrected chi connectivity index (χ3v) is 4.57. The van der Waals surface area contributed by atoms with Gasteiger partial charge in [0, 0.05) is 36.8 Å². The van der Waals surface area contributed by atoms with Gasteiger partial charge in [0.25, 0.3) is 11.5 Å². The summed E-state index contributed by atoms with van der Waals surface area (Å²) in [6.07, 6.45) is 0.498. The van der Waals surface area contributed by atoms with Crippen LogP contribution in [0.3, 0.4) is 0 Å². The lowest BCUT2D eigenvalue weighted by atomic mass is 10.1. The standard InChI is InChI=1S/C19H25BrN4O4/c1-12(2)11-24-16(21)15(17(25)22-19(24)27)23(8-5-9-28-3)18(26)13-6-4-7-14(20)10-13/h4,6-7,10,12H,5,8-9,11,21H2,1-3H3,(H,22,25,27). The van der Waals surface area contributed by atoms with E-state index in [-0.39, 0.29) is 29.9 Å². The van der Waals surface area contributed by atoms with Crippen molar-refractivity contribution in [2.75, 3.05) is 30.9 Å².